The summed E-state index contributed by atoms with van der Waals surface area (Å²) < 4.78 is 0. The zero-order valence-corrected chi connectivity index (χ0v) is 24.2. The van der Waals surface area contributed by atoms with E-state index in [1.807, 2.05) is 6.08 Å². The van der Waals surface area contributed by atoms with Crippen molar-refractivity contribution in [1.82, 2.24) is 25.8 Å². The third-order valence-electron chi connectivity index (χ3n) is 8.05. The highest BCUT2D eigenvalue weighted by molar-refractivity contribution is 5.84. The Bertz CT molecular complexity index is 976. The molecule has 0 radical (unpaired) electrons. The van der Waals surface area contributed by atoms with E-state index in [2.05, 4.69) is 73.7 Å². The van der Waals surface area contributed by atoms with Gasteiger partial charge in [-0.15, -0.1) is 0 Å². The Balaban J connectivity index is 1.14. The van der Waals surface area contributed by atoms with Gasteiger partial charge in [-0.3, -0.25) is 4.90 Å². The molecule has 1 saturated heterocycles. The summed E-state index contributed by atoms with van der Waals surface area (Å²) in [6, 6.07) is 9.59. The summed E-state index contributed by atoms with van der Waals surface area (Å²) in [7, 11) is 0. The second kappa shape index (κ2) is 16.5. The molecule has 0 bridgehead atoms. The van der Waals surface area contributed by atoms with Crippen molar-refractivity contribution >= 4 is 5.84 Å². The highest BCUT2D eigenvalue weighted by atomic mass is 15.3. The van der Waals surface area contributed by atoms with Crippen LogP contribution in [0.4, 0.5) is 0 Å². The zero-order valence-electron chi connectivity index (χ0n) is 24.2. The number of aliphatic imine (C=N–C) groups is 1. The van der Waals surface area contributed by atoms with Crippen LogP contribution >= 0.6 is 0 Å². The van der Waals surface area contributed by atoms with Crippen LogP contribution in [0.1, 0.15) is 75.8 Å². The van der Waals surface area contributed by atoms with Crippen LogP contribution in [0.2, 0.25) is 0 Å². The molecule has 0 unspecified atom stereocenters. The van der Waals surface area contributed by atoms with Gasteiger partial charge >= 0.3 is 0 Å². The molecule has 2 fully saturated rings. The fourth-order valence-corrected chi connectivity index (χ4v) is 5.59. The number of nitrogens with one attached hydrogen (secondary N) is 3. The molecular formula is C32H51N7. The van der Waals surface area contributed by atoms with Crippen molar-refractivity contribution in [3.05, 3.63) is 64.8 Å². The Morgan fingerprint density at radius 3 is 2.44 bits per heavy atom. The highest BCUT2D eigenvalue weighted by Crippen LogP contribution is 2.17. The molecule has 7 nitrogen and oxygen atoms in total. The lowest BCUT2D eigenvalue weighted by atomic mass is 9.95. The average molecular weight is 534 g/mol. The number of hydrogen-bond acceptors (Lipinski definition) is 7. The number of benzene rings is 1. The van der Waals surface area contributed by atoms with Crippen LogP contribution in [0, 0.1) is 0 Å². The van der Waals surface area contributed by atoms with Gasteiger partial charge in [-0.25, -0.2) is 4.99 Å². The molecule has 0 aromatic heterocycles. The molecule has 3 aliphatic rings. The summed E-state index contributed by atoms with van der Waals surface area (Å²) in [6.45, 7) is 11.5. The smallest absolute Gasteiger partial charge is 0.128 e. The summed E-state index contributed by atoms with van der Waals surface area (Å²) in [6.07, 6.45) is 15.4. The van der Waals surface area contributed by atoms with Crippen LogP contribution in [-0.4, -0.2) is 67.5 Å². The molecule has 4 rings (SSSR count). The van der Waals surface area contributed by atoms with Crippen molar-refractivity contribution in [2.24, 2.45) is 10.7 Å². The maximum atomic E-state index is 6.30. The zero-order chi connectivity index (χ0) is 27.1. The first-order chi connectivity index (χ1) is 19.2. The van der Waals surface area contributed by atoms with Gasteiger partial charge in [0.25, 0.3) is 0 Å². The Morgan fingerprint density at radius 1 is 0.949 bits per heavy atom. The van der Waals surface area contributed by atoms with Gasteiger partial charge in [0.05, 0.1) is 5.70 Å². The number of unbranched alkanes of at least 4 members (excludes halogenated alkanes) is 1. The summed E-state index contributed by atoms with van der Waals surface area (Å²) >= 11 is 0. The standard InChI is InChI=1S/C32H51N7/c1-2-3-19-38-20-22-39(23-21-38)30-11-7-12-32(37-31(33)24-30)36-26-28-15-13-27(14-16-28)25-34-17-8-18-35-29-9-5-4-6-10-29/h7,13-16,24,29,34-35H,2-6,8-10,12,17-23,25-26,33H2,1H3,(H,36,37)/b31-24-. The third-order valence-corrected chi connectivity index (χ3v) is 8.05. The SMILES string of the molecule is CCCCN1CCN(C2=C=CC/C(NCc3ccc(CNCCCNC4CCCCC4)cc3)=N\C(N)=C/2)CC1. The van der Waals surface area contributed by atoms with Gasteiger partial charge < -0.3 is 26.6 Å². The van der Waals surface area contributed by atoms with Crippen LogP contribution in [0.25, 0.3) is 0 Å². The number of nitrogens with two attached hydrogens (primary N) is 1. The van der Waals surface area contributed by atoms with Crippen LogP contribution in [0.3, 0.4) is 0 Å². The van der Waals surface area contributed by atoms with Gasteiger partial charge in [0.1, 0.15) is 11.7 Å². The van der Waals surface area contributed by atoms with E-state index < -0.39 is 0 Å². The molecule has 5 N–H and O–H groups in total. The maximum absolute atomic E-state index is 6.30. The predicted molar refractivity (Wildman–Crippen MR) is 163 cm³/mol. The molecule has 39 heavy (non-hydrogen) atoms. The fourth-order valence-electron chi connectivity index (χ4n) is 5.59. The Kier molecular flexibility index (Phi) is 12.5. The second-order valence-corrected chi connectivity index (χ2v) is 11.2. The molecule has 0 amide bonds. The first-order valence-corrected chi connectivity index (χ1v) is 15.4. The number of rotatable bonds is 13. The van der Waals surface area contributed by atoms with E-state index >= 15 is 0 Å². The average Bonchev–Trinajstić information content (AvgIpc) is 2.96. The molecular weight excluding hydrogens is 482 g/mol. The summed E-state index contributed by atoms with van der Waals surface area (Å²) in [5.74, 6) is 1.42. The second-order valence-electron chi connectivity index (χ2n) is 11.2. The van der Waals surface area contributed by atoms with Crippen LogP contribution in [-0.2, 0) is 13.1 Å². The van der Waals surface area contributed by atoms with E-state index in [4.69, 9.17) is 5.73 Å². The highest BCUT2D eigenvalue weighted by Gasteiger charge is 2.18. The number of hydrogen-bond donors (Lipinski definition) is 4. The molecule has 1 aliphatic carbocycles. The normalized spacial score (nSPS) is 21.9. The van der Waals surface area contributed by atoms with Crippen molar-refractivity contribution in [3.8, 4) is 0 Å². The van der Waals surface area contributed by atoms with Gasteiger partial charge in [0, 0.05) is 57.8 Å². The minimum absolute atomic E-state index is 0.539. The Hall–Kier alpha value is -2.57. The van der Waals surface area contributed by atoms with Gasteiger partial charge in [0.2, 0.25) is 0 Å². The maximum Gasteiger partial charge on any atom is 0.128 e. The van der Waals surface area contributed by atoms with E-state index in [1.54, 1.807) is 0 Å². The van der Waals surface area contributed by atoms with E-state index in [9.17, 15) is 0 Å². The fraction of sp³-hybridized carbons (Fsp3) is 0.625. The van der Waals surface area contributed by atoms with Crippen LogP contribution in [0.5, 0.6) is 0 Å². The van der Waals surface area contributed by atoms with E-state index in [-0.39, 0.29) is 0 Å². The van der Waals surface area contributed by atoms with Gasteiger partial charge in [-0.2, -0.15) is 0 Å². The first kappa shape index (κ1) is 29.4. The van der Waals surface area contributed by atoms with Gasteiger partial charge in [-0.05, 0) is 62.5 Å². The Labute approximate surface area is 236 Å². The van der Waals surface area contributed by atoms with Gasteiger partial charge in [-0.1, -0.05) is 62.6 Å². The first-order valence-electron chi connectivity index (χ1n) is 15.4. The van der Waals surface area contributed by atoms with Crippen LogP contribution in [0.15, 0.2) is 58.7 Å². The third kappa shape index (κ3) is 10.5. The molecule has 1 aromatic rings. The monoisotopic (exact) mass is 533 g/mol. The topological polar surface area (TPSA) is 81.0 Å². The molecule has 0 spiro atoms. The van der Waals surface area contributed by atoms with Crippen molar-refractivity contribution in [1.29, 1.82) is 0 Å². The molecule has 2 heterocycles. The van der Waals surface area contributed by atoms with E-state index in [0.29, 0.717) is 12.2 Å². The lowest BCUT2D eigenvalue weighted by molar-refractivity contribution is 0.160. The Morgan fingerprint density at radius 2 is 1.69 bits per heavy atom. The largest absolute Gasteiger partial charge is 0.384 e. The number of piperazine rings is 1. The summed E-state index contributed by atoms with van der Waals surface area (Å²) in [5, 5.41) is 10.8. The minimum Gasteiger partial charge on any atom is -0.384 e. The van der Waals surface area contributed by atoms with E-state index in [1.165, 1.54) is 69.0 Å². The predicted octanol–water partition coefficient (Wildman–Crippen LogP) is 4.24. The molecule has 7 heteroatoms. The van der Waals surface area contributed by atoms with E-state index in [0.717, 1.165) is 69.9 Å². The number of nitrogens with zero attached hydrogens (tertiary/aromatic N) is 3. The van der Waals surface area contributed by atoms with Gasteiger partial charge in [0.15, 0.2) is 0 Å². The lowest BCUT2D eigenvalue weighted by Gasteiger charge is -2.36. The molecule has 1 saturated carbocycles. The molecule has 2 aliphatic heterocycles. The van der Waals surface area contributed by atoms with Crippen LogP contribution < -0.4 is 21.7 Å². The number of amidine groups is 1. The minimum atomic E-state index is 0.539. The van der Waals surface area contributed by atoms with Crippen molar-refractivity contribution in [2.45, 2.75) is 83.8 Å². The van der Waals surface area contributed by atoms with Crippen molar-refractivity contribution < 1.29 is 0 Å². The van der Waals surface area contributed by atoms with Crippen molar-refractivity contribution in [2.75, 3.05) is 45.8 Å². The summed E-state index contributed by atoms with van der Waals surface area (Å²) in [5.41, 5.74) is 13.4. The van der Waals surface area contributed by atoms with Crippen molar-refractivity contribution in [3.63, 3.8) is 0 Å². The quantitative estimate of drug-likeness (QED) is 0.224. The molecule has 214 valence electrons. The lowest BCUT2D eigenvalue weighted by Crippen LogP contribution is -2.45. The molecule has 1 aromatic carbocycles. The summed E-state index contributed by atoms with van der Waals surface area (Å²) in [4.78, 5) is 9.60. The molecule has 0 atom stereocenters.